The molecule has 10 nitrogen and oxygen atoms in total. The Kier molecular flexibility index (Phi) is 9.27. The first kappa shape index (κ1) is 30.2. The van der Waals surface area contributed by atoms with Crippen molar-refractivity contribution in [3.8, 4) is 0 Å². The summed E-state index contributed by atoms with van der Waals surface area (Å²) in [6.45, 7) is 5.70. The van der Waals surface area contributed by atoms with Crippen LogP contribution in [0.15, 0.2) is 35.4 Å². The second kappa shape index (κ2) is 12.9. The number of anilines is 2. The van der Waals surface area contributed by atoms with E-state index in [1.54, 1.807) is 9.58 Å². The van der Waals surface area contributed by atoms with Gasteiger partial charge in [0.2, 0.25) is 5.95 Å². The van der Waals surface area contributed by atoms with E-state index in [0.29, 0.717) is 23.8 Å². The summed E-state index contributed by atoms with van der Waals surface area (Å²) in [7, 11) is 2.67. The minimum atomic E-state index is -1.05. The van der Waals surface area contributed by atoms with E-state index in [0.717, 1.165) is 92.0 Å². The second-order valence-corrected chi connectivity index (χ2v) is 13.0. The molecule has 5 heterocycles. The maximum atomic E-state index is 13.0. The van der Waals surface area contributed by atoms with Crippen molar-refractivity contribution in [3.05, 3.63) is 58.5 Å². The molecule has 0 radical (unpaired) electrons. The standard InChI is InChI=1S/C30H39N7O3S.CH4/c1-20-18-36(3)34-26(20)19-35(2)29(38)23-6-4-21(5-7-23)22-8-13-37(14-9-22)30-32-25-12-17-41(39)27(25)28(33-30)31-24-10-15-40-16-11-24;/h4-7,18,22,24H,8-17,19H2,1-3H3,(H,31,32,33);1H4. The normalized spacial score (nSPS) is 19.3. The number of nitrogens with one attached hydrogen (secondary N) is 1. The zero-order valence-corrected chi connectivity index (χ0v) is 25.0. The third kappa shape index (κ3) is 6.36. The number of nitrogens with zero attached hydrogens (tertiary/aromatic N) is 6. The summed E-state index contributed by atoms with van der Waals surface area (Å²) in [5, 5.41) is 8.05. The maximum absolute atomic E-state index is 13.0. The average molecular weight is 594 g/mol. The second-order valence-electron chi connectivity index (χ2n) is 11.5. The summed E-state index contributed by atoms with van der Waals surface area (Å²) in [6, 6.07) is 8.38. The van der Waals surface area contributed by atoms with Gasteiger partial charge in [0.05, 0.1) is 28.7 Å². The Bertz CT molecular complexity index is 1430. The molecule has 1 aromatic carbocycles. The number of aromatic nitrogens is 4. The molecule has 3 aliphatic rings. The molecule has 3 aromatic rings. The van der Waals surface area contributed by atoms with Crippen LogP contribution in [0.4, 0.5) is 11.8 Å². The van der Waals surface area contributed by atoms with Gasteiger partial charge in [-0.05, 0) is 61.8 Å². The van der Waals surface area contributed by atoms with Crippen molar-refractivity contribution in [1.82, 2.24) is 24.6 Å². The number of fused-ring (bicyclic) bond motifs is 1. The summed E-state index contributed by atoms with van der Waals surface area (Å²) in [6.07, 6.45) is 6.53. The van der Waals surface area contributed by atoms with Crippen molar-refractivity contribution in [2.24, 2.45) is 7.05 Å². The van der Waals surface area contributed by atoms with E-state index >= 15 is 0 Å². The van der Waals surface area contributed by atoms with Crippen LogP contribution in [-0.2, 0) is 35.5 Å². The molecule has 1 N–H and O–H groups in total. The molecule has 0 saturated carbocycles. The number of aryl methyl sites for hydroxylation is 3. The van der Waals surface area contributed by atoms with Gasteiger partial charge < -0.3 is 19.9 Å². The molecule has 1 unspecified atom stereocenters. The van der Waals surface area contributed by atoms with Crippen molar-refractivity contribution in [2.45, 2.75) is 69.9 Å². The number of piperidine rings is 1. The molecule has 42 heavy (non-hydrogen) atoms. The van der Waals surface area contributed by atoms with E-state index in [-0.39, 0.29) is 19.4 Å². The first-order valence-electron chi connectivity index (χ1n) is 14.6. The number of rotatable bonds is 7. The van der Waals surface area contributed by atoms with Gasteiger partial charge in [0, 0.05) is 70.4 Å². The highest BCUT2D eigenvalue weighted by atomic mass is 32.2. The Morgan fingerprint density at radius 3 is 2.50 bits per heavy atom. The number of hydrogen-bond acceptors (Lipinski definition) is 8. The van der Waals surface area contributed by atoms with Crippen molar-refractivity contribution in [2.75, 3.05) is 49.3 Å². The lowest BCUT2D eigenvalue weighted by atomic mass is 9.89. The highest BCUT2D eigenvalue weighted by molar-refractivity contribution is 7.85. The number of carbonyl (C=O) groups is 1. The molecule has 11 heteroatoms. The lowest BCUT2D eigenvalue weighted by molar-refractivity contribution is 0.0783. The zero-order chi connectivity index (χ0) is 28.5. The third-order valence-electron chi connectivity index (χ3n) is 8.49. The van der Waals surface area contributed by atoms with E-state index in [2.05, 4.69) is 27.4 Å². The molecule has 0 aliphatic carbocycles. The molecule has 0 bridgehead atoms. The smallest absolute Gasteiger partial charge is 0.253 e. The molecule has 226 valence electrons. The van der Waals surface area contributed by atoms with Crippen LogP contribution in [0.3, 0.4) is 0 Å². The lowest BCUT2D eigenvalue weighted by Crippen LogP contribution is -2.35. The van der Waals surface area contributed by atoms with Crippen LogP contribution in [0.5, 0.6) is 0 Å². The van der Waals surface area contributed by atoms with Crippen LogP contribution in [-0.4, -0.2) is 79.9 Å². The number of benzene rings is 1. The average Bonchev–Trinajstić information content (AvgIpc) is 3.53. The number of carbonyl (C=O) groups excluding carboxylic acids is 1. The zero-order valence-electron chi connectivity index (χ0n) is 24.1. The summed E-state index contributed by atoms with van der Waals surface area (Å²) in [4.78, 5) is 27.6. The minimum absolute atomic E-state index is 0. The Labute approximate surface area is 251 Å². The predicted octanol–water partition coefficient (Wildman–Crippen LogP) is 4.07. The van der Waals surface area contributed by atoms with Gasteiger partial charge >= 0.3 is 0 Å². The predicted molar refractivity (Wildman–Crippen MR) is 166 cm³/mol. The molecular weight excluding hydrogens is 550 g/mol. The molecule has 1 atom stereocenters. The molecule has 1 amide bonds. The summed E-state index contributed by atoms with van der Waals surface area (Å²) in [5.74, 6) is 2.53. The molecule has 3 aliphatic heterocycles. The van der Waals surface area contributed by atoms with Crippen molar-refractivity contribution >= 4 is 28.5 Å². The van der Waals surface area contributed by atoms with Gasteiger partial charge in [-0.3, -0.25) is 13.7 Å². The fourth-order valence-electron chi connectivity index (χ4n) is 6.10. The summed E-state index contributed by atoms with van der Waals surface area (Å²) >= 11 is 0. The van der Waals surface area contributed by atoms with Gasteiger partial charge in [-0.2, -0.15) is 10.1 Å². The molecule has 6 rings (SSSR count). The molecule has 2 aromatic heterocycles. The van der Waals surface area contributed by atoms with Gasteiger partial charge in [-0.1, -0.05) is 19.6 Å². The third-order valence-corrected chi connectivity index (χ3v) is 9.95. The Hall–Kier alpha value is -3.31. The first-order chi connectivity index (χ1) is 19.9. The van der Waals surface area contributed by atoms with Crippen molar-refractivity contribution < 1.29 is 13.7 Å². The van der Waals surface area contributed by atoms with Crippen LogP contribution >= 0.6 is 0 Å². The molecule has 2 fully saturated rings. The fourth-order valence-corrected chi connectivity index (χ4v) is 7.41. The number of hydrogen-bond donors (Lipinski definition) is 1. The molecule has 0 spiro atoms. The van der Waals surface area contributed by atoms with Crippen molar-refractivity contribution in [3.63, 3.8) is 0 Å². The quantitative estimate of drug-likeness (QED) is 0.437. The molecular formula is C31H43N7O3S. The maximum Gasteiger partial charge on any atom is 0.253 e. The Morgan fingerprint density at radius 2 is 1.83 bits per heavy atom. The monoisotopic (exact) mass is 593 g/mol. The largest absolute Gasteiger partial charge is 0.381 e. The van der Waals surface area contributed by atoms with E-state index in [4.69, 9.17) is 14.7 Å². The van der Waals surface area contributed by atoms with Gasteiger partial charge in [0.15, 0.2) is 0 Å². The Morgan fingerprint density at radius 1 is 1.12 bits per heavy atom. The van der Waals surface area contributed by atoms with E-state index in [1.165, 1.54) is 5.56 Å². The van der Waals surface area contributed by atoms with E-state index in [9.17, 15) is 9.00 Å². The van der Waals surface area contributed by atoms with Crippen LogP contribution in [0.2, 0.25) is 0 Å². The highest BCUT2D eigenvalue weighted by Crippen LogP contribution is 2.34. The summed E-state index contributed by atoms with van der Waals surface area (Å²) in [5.41, 5.74) is 4.88. The van der Waals surface area contributed by atoms with Gasteiger partial charge in [0.25, 0.3) is 5.91 Å². The van der Waals surface area contributed by atoms with Crippen LogP contribution in [0.25, 0.3) is 0 Å². The lowest BCUT2D eigenvalue weighted by Gasteiger charge is -2.33. The van der Waals surface area contributed by atoms with Crippen LogP contribution in [0.1, 0.15) is 71.9 Å². The van der Waals surface area contributed by atoms with Crippen LogP contribution in [0, 0.1) is 6.92 Å². The van der Waals surface area contributed by atoms with Crippen LogP contribution < -0.4 is 10.2 Å². The molecule has 2 saturated heterocycles. The summed E-state index contributed by atoms with van der Waals surface area (Å²) < 4.78 is 20.0. The highest BCUT2D eigenvalue weighted by Gasteiger charge is 2.30. The SMILES string of the molecule is C.Cc1cn(C)nc1CN(C)C(=O)c1ccc(C2CCN(c3nc4c(c(NC5CCOCC5)n3)S(=O)CC4)CC2)cc1. The fraction of sp³-hybridized carbons (Fsp3) is 0.548. The van der Waals surface area contributed by atoms with Crippen molar-refractivity contribution in [1.29, 1.82) is 0 Å². The first-order valence-corrected chi connectivity index (χ1v) is 15.9. The van der Waals surface area contributed by atoms with E-state index in [1.807, 2.05) is 39.3 Å². The number of ether oxygens (including phenoxy) is 1. The van der Waals surface area contributed by atoms with E-state index < -0.39 is 10.8 Å². The van der Waals surface area contributed by atoms with Gasteiger partial charge in [-0.25, -0.2) is 4.98 Å². The number of amides is 1. The Balaban J connectivity index is 0.00000353. The topological polar surface area (TPSA) is 105 Å². The van der Waals surface area contributed by atoms with Gasteiger partial charge in [-0.15, -0.1) is 0 Å². The minimum Gasteiger partial charge on any atom is -0.381 e. The van der Waals surface area contributed by atoms with Gasteiger partial charge in [0.1, 0.15) is 10.7 Å².